The first-order valence-corrected chi connectivity index (χ1v) is 23.4. The van der Waals surface area contributed by atoms with Crippen molar-refractivity contribution in [2.75, 3.05) is 28.0 Å². The molecule has 0 aliphatic carbocycles. The average Bonchev–Trinajstić information content (AvgIpc) is 3.51. The number of hydrogen-bond acceptors (Lipinski definition) is 26. The molecule has 0 saturated carbocycles. The molecule has 0 saturated heterocycles. The molecule has 0 fully saturated rings. The number of carbonyl (C=O) groups excluding carboxylic acids is 2. The number of nitrogens with two attached hydrogens (primary N) is 1. The summed E-state index contributed by atoms with van der Waals surface area (Å²) in [6, 6.07) is 22.0. The highest BCUT2D eigenvalue weighted by Crippen LogP contribution is 2.26. The molecule has 0 aliphatic heterocycles. The molecule has 0 unspecified atom stereocenters. The standard InChI is InChI=1S/C17H14FN5O2.C16H13FN6O2.C8H7N5.C4H3IN2.C4H5N3.N2/c1-25-17(24)12-4-5-13(14(18)9-12)11-23(15-3-2-6-21-22-15)16-10-19-7-8-20-16;17-13-8-11(16(24)22-25)3-4-12(13)10-23(14-2-1-5-20-21-14)15-9-18-6-7-19-15;1-2-7(13-11-3-1)12-8-6-9-4-5-10-8;5-4-3-6-1-2-7-4;5-4-2-1-3-6-7-4;1-2/h2-10H,11H2,1H3;1-9,25H,10H2,(H,22,24);1-6H,(H,10,12,13);1-3H;1-3H,(H2,5,7);. The van der Waals surface area contributed by atoms with Gasteiger partial charge in [-0.2, -0.15) is 20.4 Å². The average molecular weight is 1180 g/mol. The predicted molar refractivity (Wildman–Crippen MR) is 285 cm³/mol. The van der Waals surface area contributed by atoms with Crippen LogP contribution in [0.4, 0.5) is 49.5 Å². The molecule has 27 nitrogen and oxygen atoms in total. The minimum atomic E-state index is -0.787. The Bertz CT molecular complexity index is 3060. The quantitative estimate of drug-likeness (QED) is 0.0330. The lowest BCUT2D eigenvalue weighted by Gasteiger charge is -2.22. The lowest BCUT2D eigenvalue weighted by molar-refractivity contribution is 0.0599. The minimum absolute atomic E-state index is 0.00862. The van der Waals surface area contributed by atoms with Gasteiger partial charge in [-0.05, 0) is 95.4 Å². The zero-order valence-electron chi connectivity index (χ0n) is 41.1. The third-order valence-electron chi connectivity index (χ3n) is 9.39. The van der Waals surface area contributed by atoms with Crippen LogP contribution in [-0.2, 0) is 17.8 Å². The number of hydroxylamine groups is 1. The molecule has 2 aromatic carbocycles. The SMILES string of the molecule is COC(=O)c1ccc(CN(c2cnccn2)c2cccnn2)c(F)c1.Ic1cnccn1.N#N.Nc1cccnn1.O=C(NO)c1ccc(CN(c2cnccn2)c2cccnn2)c(F)c1.c1cnnc(Nc2cnccn2)c1. The first kappa shape index (κ1) is 59.1. The van der Waals surface area contributed by atoms with E-state index in [1.54, 1.807) is 120 Å². The summed E-state index contributed by atoms with van der Waals surface area (Å²) in [4.78, 5) is 58.4. The Morgan fingerprint density at radius 3 is 1.42 bits per heavy atom. The van der Waals surface area contributed by atoms with Gasteiger partial charge in [-0.25, -0.2) is 39.0 Å². The largest absolute Gasteiger partial charge is 0.465 e. The summed E-state index contributed by atoms with van der Waals surface area (Å²) in [6.07, 6.45) is 25.4. The highest BCUT2D eigenvalue weighted by Gasteiger charge is 2.19. The third-order valence-corrected chi connectivity index (χ3v) is 9.94. The van der Waals surface area contributed by atoms with Crippen LogP contribution in [-0.4, -0.2) is 105 Å². The highest BCUT2D eigenvalue weighted by molar-refractivity contribution is 14.1. The van der Waals surface area contributed by atoms with E-state index in [0.717, 1.165) is 15.8 Å². The topological polar surface area (TPSA) is 374 Å². The minimum Gasteiger partial charge on any atom is -0.465 e. The Balaban J connectivity index is 0.000000196. The fourth-order valence-electron chi connectivity index (χ4n) is 5.89. The van der Waals surface area contributed by atoms with E-state index in [2.05, 4.69) is 113 Å². The fourth-order valence-corrected chi connectivity index (χ4v) is 6.22. The van der Waals surface area contributed by atoms with E-state index in [0.29, 0.717) is 51.9 Å². The summed E-state index contributed by atoms with van der Waals surface area (Å²) in [6.45, 7) is 0.245. The second-order valence-corrected chi connectivity index (χ2v) is 15.6. The van der Waals surface area contributed by atoms with E-state index in [1.165, 1.54) is 67.8 Å². The van der Waals surface area contributed by atoms with Crippen LogP contribution in [0.1, 0.15) is 31.8 Å². The smallest absolute Gasteiger partial charge is 0.337 e. The van der Waals surface area contributed by atoms with Gasteiger partial charge in [0, 0.05) is 102 Å². The van der Waals surface area contributed by atoms with Crippen LogP contribution in [0.25, 0.3) is 0 Å². The van der Waals surface area contributed by atoms with Gasteiger partial charge in [-0.1, -0.05) is 12.1 Å². The molecule has 79 heavy (non-hydrogen) atoms. The maximum Gasteiger partial charge on any atom is 0.337 e. The summed E-state index contributed by atoms with van der Waals surface area (Å²) in [5.41, 5.74) is 7.48. The van der Waals surface area contributed by atoms with E-state index in [9.17, 15) is 18.4 Å². The molecule has 8 aromatic heterocycles. The van der Waals surface area contributed by atoms with E-state index >= 15 is 0 Å². The molecule has 0 bridgehead atoms. The zero-order valence-corrected chi connectivity index (χ0v) is 43.2. The normalized spacial score (nSPS) is 9.66. The number of rotatable bonds is 12. The monoisotopic (exact) mass is 1180 g/mol. The van der Waals surface area contributed by atoms with Crippen LogP contribution in [0.15, 0.2) is 184 Å². The van der Waals surface area contributed by atoms with Crippen molar-refractivity contribution in [1.29, 1.82) is 10.8 Å². The van der Waals surface area contributed by atoms with Gasteiger partial charge in [-0.3, -0.25) is 29.9 Å². The van der Waals surface area contributed by atoms with Gasteiger partial charge in [0.15, 0.2) is 29.1 Å². The third kappa shape index (κ3) is 20.1. The van der Waals surface area contributed by atoms with Crippen LogP contribution < -0.4 is 26.3 Å². The molecule has 5 N–H and O–H groups in total. The first-order chi connectivity index (χ1) is 38.6. The summed E-state index contributed by atoms with van der Waals surface area (Å²) < 4.78 is 34.3. The van der Waals surface area contributed by atoms with Crippen LogP contribution in [0.2, 0.25) is 0 Å². The molecule has 0 radical (unpaired) electrons. The summed E-state index contributed by atoms with van der Waals surface area (Å²) >= 11 is 2.11. The number of hydrogen-bond donors (Lipinski definition) is 4. The highest BCUT2D eigenvalue weighted by atomic mass is 127. The second kappa shape index (κ2) is 33.2. The molecule has 8 heterocycles. The van der Waals surface area contributed by atoms with Crippen molar-refractivity contribution in [3.05, 3.63) is 222 Å². The Morgan fingerprint density at radius 2 is 1.05 bits per heavy atom. The van der Waals surface area contributed by atoms with Gasteiger partial charge in [0.05, 0.1) is 50.6 Å². The van der Waals surface area contributed by atoms with Crippen LogP contribution in [0, 0.1) is 26.1 Å². The summed E-state index contributed by atoms with van der Waals surface area (Å²) in [5.74, 6) is 1.21. The Labute approximate surface area is 461 Å². The number of amides is 1. The number of anilines is 7. The van der Waals surface area contributed by atoms with Gasteiger partial charge >= 0.3 is 5.97 Å². The molecular weight excluding hydrogens is 1140 g/mol. The maximum atomic E-state index is 14.4. The van der Waals surface area contributed by atoms with E-state index in [-0.39, 0.29) is 24.2 Å². The first-order valence-electron chi connectivity index (χ1n) is 22.3. The van der Waals surface area contributed by atoms with Gasteiger partial charge in [0.25, 0.3) is 5.91 Å². The van der Waals surface area contributed by atoms with Gasteiger partial charge < -0.3 is 25.6 Å². The second-order valence-electron chi connectivity index (χ2n) is 14.5. The number of esters is 1. The van der Waals surface area contributed by atoms with E-state index in [1.807, 2.05) is 6.07 Å². The number of nitrogen functional groups attached to an aromatic ring is 1. The molecule has 0 aliphatic rings. The Morgan fingerprint density at radius 1 is 0.570 bits per heavy atom. The number of halogens is 3. The van der Waals surface area contributed by atoms with Crippen LogP contribution >= 0.6 is 22.6 Å². The molecule has 0 spiro atoms. The van der Waals surface area contributed by atoms with Crippen LogP contribution in [0.5, 0.6) is 0 Å². The Kier molecular flexibility index (Phi) is 24.8. The molecule has 0 atom stereocenters. The molecule has 10 rings (SSSR count). The number of carbonyl (C=O) groups is 2. The summed E-state index contributed by atoms with van der Waals surface area (Å²) in [7, 11) is 1.25. The lowest BCUT2D eigenvalue weighted by Crippen LogP contribution is -2.21. The fraction of sp³-hybridized carbons (Fsp3) is 0.0612. The number of nitrogens with one attached hydrogen (secondary N) is 2. The van der Waals surface area contributed by atoms with Crippen molar-refractivity contribution in [3.63, 3.8) is 0 Å². The van der Waals surface area contributed by atoms with Crippen molar-refractivity contribution < 1.29 is 28.3 Å². The number of aromatic nitrogens is 16. The van der Waals surface area contributed by atoms with E-state index < -0.39 is 23.5 Å². The van der Waals surface area contributed by atoms with E-state index in [4.69, 9.17) is 21.7 Å². The number of benzene rings is 2. The van der Waals surface area contributed by atoms with Crippen molar-refractivity contribution in [2.24, 2.45) is 0 Å². The van der Waals surface area contributed by atoms with Gasteiger partial charge in [0.2, 0.25) is 0 Å². The molecule has 1 amide bonds. The van der Waals surface area contributed by atoms with Gasteiger partial charge in [0.1, 0.15) is 27.0 Å². The molecule has 398 valence electrons. The molecule has 30 heteroatoms. The molecule has 10 aromatic rings. The Hall–Kier alpha value is -10.8. The molecular formula is C49H42F2IN23O4. The number of methoxy groups -OCH3 is 1. The van der Waals surface area contributed by atoms with Crippen molar-refractivity contribution >= 4 is 75.2 Å². The zero-order chi connectivity index (χ0) is 56.5. The lowest BCUT2D eigenvalue weighted by atomic mass is 10.1. The van der Waals surface area contributed by atoms with Crippen molar-refractivity contribution in [1.82, 2.24) is 86.1 Å². The number of ether oxygens (including phenoxy) is 1. The van der Waals surface area contributed by atoms with Gasteiger partial charge in [-0.15, -0.1) is 20.4 Å². The van der Waals surface area contributed by atoms with Crippen molar-refractivity contribution in [2.45, 2.75) is 13.1 Å². The maximum absolute atomic E-state index is 14.4. The van der Waals surface area contributed by atoms with Crippen LogP contribution in [0.3, 0.4) is 0 Å². The van der Waals surface area contributed by atoms with Crippen molar-refractivity contribution in [3.8, 4) is 0 Å². The number of nitrogens with zero attached hydrogens (tertiary/aromatic N) is 20. The predicted octanol–water partition coefficient (Wildman–Crippen LogP) is 6.57. The summed E-state index contributed by atoms with van der Waals surface area (Å²) in [5, 5.41) is 53.9.